The van der Waals surface area contributed by atoms with Crippen LogP contribution in [0, 0.1) is 27.4 Å². The average molecular weight is 293 g/mol. The molecule has 20 heavy (non-hydrogen) atoms. The maximum atomic E-state index is 12.2. The summed E-state index contributed by atoms with van der Waals surface area (Å²) < 4.78 is 5.77. The van der Waals surface area contributed by atoms with Crippen LogP contribution in [0.1, 0.15) is 53.4 Å². The van der Waals surface area contributed by atoms with Crippen LogP contribution in [-0.4, -0.2) is 12.1 Å². The molecule has 3 nitrogen and oxygen atoms in total. The maximum absolute atomic E-state index is 12.2. The van der Waals surface area contributed by atoms with Crippen molar-refractivity contribution < 1.29 is 9.53 Å². The van der Waals surface area contributed by atoms with Gasteiger partial charge >= 0.3 is 5.97 Å². The normalized spacial score (nSPS) is 34.9. The largest absolute Gasteiger partial charge is 0.458 e. The van der Waals surface area contributed by atoms with Gasteiger partial charge in [0.25, 0.3) is 0 Å². The van der Waals surface area contributed by atoms with Gasteiger partial charge in [-0.2, -0.15) is 5.26 Å². The lowest BCUT2D eigenvalue weighted by atomic mass is 9.70. The molecule has 0 amide bonds. The van der Waals surface area contributed by atoms with Crippen molar-refractivity contribution in [2.24, 2.45) is 16.7 Å². The van der Waals surface area contributed by atoms with E-state index in [-0.39, 0.29) is 22.9 Å². The van der Waals surface area contributed by atoms with Crippen LogP contribution in [-0.2, 0) is 9.53 Å². The van der Waals surface area contributed by atoms with E-state index >= 15 is 0 Å². The molecular weight excluding hydrogens is 270 g/mol. The molecule has 0 aromatic heterocycles. The number of carbonyl (C=O) groups excluding carboxylic acids is 1. The van der Waals surface area contributed by atoms with Gasteiger partial charge in [-0.05, 0) is 48.8 Å². The second kappa shape index (κ2) is 5.44. The average Bonchev–Trinajstić information content (AvgIpc) is 2.71. The Morgan fingerprint density at radius 3 is 2.65 bits per heavy atom. The summed E-state index contributed by atoms with van der Waals surface area (Å²) in [5, 5.41) is 10.7. The fraction of sp³-hybridized carbons (Fsp3) is 0.750. The van der Waals surface area contributed by atoms with Crippen molar-refractivity contribution in [3.8, 4) is 5.40 Å². The van der Waals surface area contributed by atoms with E-state index in [0.29, 0.717) is 10.8 Å². The van der Waals surface area contributed by atoms with E-state index in [2.05, 4.69) is 20.8 Å². The van der Waals surface area contributed by atoms with E-state index in [1.54, 1.807) is 6.08 Å². The van der Waals surface area contributed by atoms with Gasteiger partial charge in [-0.3, -0.25) is 0 Å². The first-order chi connectivity index (χ1) is 9.36. The van der Waals surface area contributed by atoms with Crippen molar-refractivity contribution >= 4 is 17.7 Å². The highest BCUT2D eigenvalue weighted by Gasteiger charge is 2.62. The zero-order chi connectivity index (χ0) is 15.0. The molecular formula is C16H23NO2S. The number of nitrogens with zero attached hydrogens (tertiary/aromatic N) is 1. The minimum absolute atomic E-state index is 0.0108. The number of ether oxygens (including phenoxy) is 1. The Kier molecular flexibility index (Phi) is 4.20. The SMILES string of the molecule is CCC=C(SC#N)C(=O)OC1C[C@H]2CC[C@@]1(C)C2(C)C. The van der Waals surface area contributed by atoms with E-state index < -0.39 is 0 Å². The number of rotatable bonds is 4. The summed E-state index contributed by atoms with van der Waals surface area (Å²) in [6.45, 7) is 8.79. The number of nitriles is 1. The van der Waals surface area contributed by atoms with E-state index in [1.807, 2.05) is 12.3 Å². The van der Waals surface area contributed by atoms with Gasteiger partial charge in [0, 0.05) is 5.41 Å². The maximum Gasteiger partial charge on any atom is 0.345 e. The Balaban J connectivity index is 2.11. The molecule has 2 fully saturated rings. The van der Waals surface area contributed by atoms with Gasteiger partial charge in [-0.25, -0.2) is 4.79 Å². The molecule has 3 atom stereocenters. The topological polar surface area (TPSA) is 50.1 Å². The van der Waals surface area contributed by atoms with Gasteiger partial charge in [0.1, 0.15) is 16.4 Å². The number of allylic oxidation sites excluding steroid dienone is 1. The van der Waals surface area contributed by atoms with Crippen molar-refractivity contribution in [3.05, 3.63) is 11.0 Å². The monoisotopic (exact) mass is 293 g/mol. The molecule has 110 valence electrons. The molecule has 2 aliphatic carbocycles. The highest BCUT2D eigenvalue weighted by atomic mass is 32.2. The predicted molar refractivity (Wildman–Crippen MR) is 80.7 cm³/mol. The molecule has 1 unspecified atom stereocenters. The third-order valence-corrected chi connectivity index (χ3v) is 6.35. The van der Waals surface area contributed by atoms with Crippen molar-refractivity contribution in [1.82, 2.24) is 0 Å². The number of hydrogen-bond donors (Lipinski definition) is 0. The van der Waals surface area contributed by atoms with Crippen molar-refractivity contribution in [1.29, 1.82) is 5.26 Å². The van der Waals surface area contributed by atoms with E-state index in [4.69, 9.17) is 10.00 Å². The van der Waals surface area contributed by atoms with Crippen LogP contribution in [0.5, 0.6) is 0 Å². The molecule has 2 rings (SSSR count). The van der Waals surface area contributed by atoms with Crippen molar-refractivity contribution in [2.45, 2.75) is 59.5 Å². The predicted octanol–water partition coefficient (Wildman–Crippen LogP) is 4.25. The molecule has 4 heteroatoms. The summed E-state index contributed by atoms with van der Waals surface area (Å²) in [5.41, 5.74) is 0.302. The fourth-order valence-corrected chi connectivity index (χ4v) is 4.38. The first-order valence-electron chi connectivity index (χ1n) is 7.34. The highest BCUT2D eigenvalue weighted by Crippen LogP contribution is 2.66. The summed E-state index contributed by atoms with van der Waals surface area (Å²) in [7, 11) is 0. The Bertz CT molecular complexity index is 477. The van der Waals surface area contributed by atoms with Crippen LogP contribution in [0.25, 0.3) is 0 Å². The summed E-state index contributed by atoms with van der Waals surface area (Å²) in [5.74, 6) is 0.320. The first-order valence-corrected chi connectivity index (χ1v) is 8.15. The van der Waals surface area contributed by atoms with Gasteiger partial charge in [-0.1, -0.05) is 33.8 Å². The fourth-order valence-electron chi connectivity index (χ4n) is 3.90. The molecule has 2 saturated carbocycles. The van der Waals surface area contributed by atoms with Gasteiger partial charge < -0.3 is 4.74 Å². The Labute approximate surface area is 125 Å². The van der Waals surface area contributed by atoms with Crippen LogP contribution in [0.4, 0.5) is 0 Å². The minimum Gasteiger partial charge on any atom is -0.458 e. The van der Waals surface area contributed by atoms with Crippen LogP contribution in [0.15, 0.2) is 11.0 Å². The molecule has 0 aliphatic heterocycles. The minimum atomic E-state index is -0.326. The van der Waals surface area contributed by atoms with Crippen LogP contribution in [0.3, 0.4) is 0 Å². The lowest BCUT2D eigenvalue weighted by Crippen LogP contribution is -2.38. The Morgan fingerprint density at radius 1 is 1.50 bits per heavy atom. The third kappa shape index (κ3) is 2.26. The summed E-state index contributed by atoms with van der Waals surface area (Å²) in [4.78, 5) is 12.7. The number of fused-ring (bicyclic) bond motifs is 2. The molecule has 2 bridgehead atoms. The molecule has 0 aromatic rings. The van der Waals surface area contributed by atoms with E-state index in [1.165, 1.54) is 6.42 Å². The quantitative estimate of drug-likeness (QED) is 0.441. The van der Waals surface area contributed by atoms with Crippen LogP contribution >= 0.6 is 11.8 Å². The Morgan fingerprint density at radius 2 is 2.20 bits per heavy atom. The van der Waals surface area contributed by atoms with Gasteiger partial charge in [0.15, 0.2) is 0 Å². The van der Waals surface area contributed by atoms with Crippen molar-refractivity contribution in [2.75, 3.05) is 0 Å². The highest BCUT2D eigenvalue weighted by molar-refractivity contribution is 8.08. The molecule has 0 heterocycles. The molecule has 0 spiro atoms. The number of carbonyl (C=O) groups is 1. The molecule has 0 saturated heterocycles. The second-order valence-corrected chi connectivity index (χ2v) is 7.50. The number of thiocyanates is 1. The summed E-state index contributed by atoms with van der Waals surface area (Å²) in [6, 6.07) is 0. The zero-order valence-electron chi connectivity index (χ0n) is 12.7. The van der Waals surface area contributed by atoms with Gasteiger partial charge in [-0.15, -0.1) is 0 Å². The summed E-state index contributed by atoms with van der Waals surface area (Å²) >= 11 is 0.903. The molecule has 0 aromatic carbocycles. The van der Waals surface area contributed by atoms with E-state index in [9.17, 15) is 4.79 Å². The number of esters is 1. The Hall–Kier alpha value is -0.950. The first kappa shape index (κ1) is 15.4. The third-order valence-electron chi connectivity index (χ3n) is 5.71. The summed E-state index contributed by atoms with van der Waals surface area (Å²) in [6.07, 6.45) is 5.82. The lowest BCUT2D eigenvalue weighted by molar-refractivity contribution is -0.151. The van der Waals surface area contributed by atoms with Crippen LogP contribution in [0.2, 0.25) is 0 Å². The van der Waals surface area contributed by atoms with Crippen molar-refractivity contribution in [3.63, 3.8) is 0 Å². The van der Waals surface area contributed by atoms with E-state index in [0.717, 1.165) is 31.0 Å². The van der Waals surface area contributed by atoms with Gasteiger partial charge in [0.05, 0.1) is 0 Å². The molecule has 2 aliphatic rings. The second-order valence-electron chi connectivity index (χ2n) is 6.67. The van der Waals surface area contributed by atoms with Gasteiger partial charge in [0.2, 0.25) is 0 Å². The van der Waals surface area contributed by atoms with Crippen LogP contribution < -0.4 is 0 Å². The zero-order valence-corrected chi connectivity index (χ0v) is 13.5. The number of thioether (sulfide) groups is 1. The molecule has 0 radical (unpaired) electrons. The molecule has 0 N–H and O–H groups in total. The number of hydrogen-bond acceptors (Lipinski definition) is 4. The lowest BCUT2D eigenvalue weighted by Gasteiger charge is -2.38. The standard InChI is InChI=1S/C16H23NO2S/c1-5-6-12(20-10-17)14(18)19-13-9-11-7-8-16(13,4)15(11,2)3/h6,11,13H,5,7-9H2,1-4H3/t11-,13?,16-/m1/s1. The smallest absolute Gasteiger partial charge is 0.345 e.